The van der Waals surface area contributed by atoms with E-state index in [1.54, 1.807) is 16.9 Å². The summed E-state index contributed by atoms with van der Waals surface area (Å²) in [5, 5.41) is 2.80. The van der Waals surface area contributed by atoms with E-state index in [9.17, 15) is 9.59 Å². The first kappa shape index (κ1) is 15.9. The lowest BCUT2D eigenvalue weighted by Crippen LogP contribution is -2.57. The SMILES string of the molecule is CO[C@H]1CN(C(=O)OC(C)(C)C)CC[C@H]1N1CCNC1=O. The second-order valence-electron chi connectivity index (χ2n) is 6.48. The number of carbonyl (C=O) groups is 2. The van der Waals surface area contributed by atoms with E-state index in [1.165, 1.54) is 0 Å². The maximum Gasteiger partial charge on any atom is 0.410 e. The maximum atomic E-state index is 12.1. The molecular formula is C14H25N3O4. The average Bonchev–Trinajstić information content (AvgIpc) is 2.82. The molecule has 0 bridgehead atoms. The molecular weight excluding hydrogens is 274 g/mol. The predicted octanol–water partition coefficient (Wildman–Crippen LogP) is 1.04. The van der Waals surface area contributed by atoms with E-state index in [1.807, 2.05) is 20.8 Å². The molecule has 2 atom stereocenters. The second-order valence-corrected chi connectivity index (χ2v) is 6.48. The molecule has 120 valence electrons. The van der Waals surface area contributed by atoms with Gasteiger partial charge in [-0.05, 0) is 27.2 Å². The Kier molecular flexibility index (Phi) is 4.61. The Morgan fingerprint density at radius 1 is 1.33 bits per heavy atom. The van der Waals surface area contributed by atoms with Crippen LogP contribution in [0.25, 0.3) is 0 Å². The molecule has 1 N–H and O–H groups in total. The number of nitrogens with one attached hydrogen (secondary N) is 1. The lowest BCUT2D eigenvalue weighted by molar-refractivity contribution is -0.0343. The van der Waals surface area contributed by atoms with Gasteiger partial charge >= 0.3 is 12.1 Å². The fourth-order valence-corrected chi connectivity index (χ4v) is 2.79. The van der Waals surface area contributed by atoms with Crippen LogP contribution >= 0.6 is 0 Å². The van der Waals surface area contributed by atoms with Crippen LogP contribution in [0.5, 0.6) is 0 Å². The second kappa shape index (κ2) is 6.09. The van der Waals surface area contributed by atoms with Crippen molar-refractivity contribution in [1.82, 2.24) is 15.1 Å². The van der Waals surface area contributed by atoms with Crippen molar-refractivity contribution in [3.63, 3.8) is 0 Å². The van der Waals surface area contributed by atoms with Crippen molar-refractivity contribution in [1.29, 1.82) is 0 Å². The third-order valence-corrected chi connectivity index (χ3v) is 3.77. The normalized spacial score (nSPS) is 26.8. The zero-order chi connectivity index (χ0) is 15.6. The van der Waals surface area contributed by atoms with Crippen LogP contribution < -0.4 is 5.32 Å². The van der Waals surface area contributed by atoms with Crippen molar-refractivity contribution in [2.45, 2.75) is 44.9 Å². The first-order valence-electron chi connectivity index (χ1n) is 7.37. The Bertz CT molecular complexity index is 408. The quantitative estimate of drug-likeness (QED) is 0.827. The van der Waals surface area contributed by atoms with E-state index < -0.39 is 5.60 Å². The molecule has 0 spiro atoms. The fourth-order valence-electron chi connectivity index (χ4n) is 2.79. The molecule has 0 aliphatic carbocycles. The molecule has 7 nitrogen and oxygen atoms in total. The summed E-state index contributed by atoms with van der Waals surface area (Å²) < 4.78 is 10.9. The van der Waals surface area contributed by atoms with Crippen LogP contribution in [0.1, 0.15) is 27.2 Å². The molecule has 0 aromatic heterocycles. The van der Waals surface area contributed by atoms with Gasteiger partial charge in [0.15, 0.2) is 0 Å². The van der Waals surface area contributed by atoms with E-state index in [0.717, 1.165) is 0 Å². The maximum absolute atomic E-state index is 12.1. The van der Waals surface area contributed by atoms with Crippen LogP contribution in [-0.2, 0) is 9.47 Å². The van der Waals surface area contributed by atoms with Gasteiger partial charge in [-0.3, -0.25) is 0 Å². The van der Waals surface area contributed by atoms with Crippen LogP contribution in [0.15, 0.2) is 0 Å². The van der Waals surface area contributed by atoms with Crippen molar-refractivity contribution in [2.75, 3.05) is 33.3 Å². The highest BCUT2D eigenvalue weighted by Crippen LogP contribution is 2.22. The molecule has 3 amide bonds. The van der Waals surface area contributed by atoms with E-state index in [4.69, 9.17) is 9.47 Å². The zero-order valence-electron chi connectivity index (χ0n) is 13.2. The van der Waals surface area contributed by atoms with Gasteiger partial charge in [-0.1, -0.05) is 0 Å². The van der Waals surface area contributed by atoms with Crippen LogP contribution in [0.4, 0.5) is 9.59 Å². The molecule has 0 unspecified atom stereocenters. The molecule has 2 saturated heterocycles. The minimum Gasteiger partial charge on any atom is -0.444 e. The minimum absolute atomic E-state index is 0.0104. The van der Waals surface area contributed by atoms with Crippen molar-refractivity contribution in [2.24, 2.45) is 0 Å². The summed E-state index contributed by atoms with van der Waals surface area (Å²) in [5.41, 5.74) is -0.509. The molecule has 0 radical (unpaired) electrons. The highest BCUT2D eigenvalue weighted by atomic mass is 16.6. The average molecular weight is 299 g/mol. The Morgan fingerprint density at radius 2 is 2.05 bits per heavy atom. The number of carbonyl (C=O) groups excluding carboxylic acids is 2. The molecule has 2 heterocycles. The van der Waals surface area contributed by atoms with Gasteiger partial charge in [-0.25, -0.2) is 9.59 Å². The first-order valence-corrected chi connectivity index (χ1v) is 7.37. The van der Waals surface area contributed by atoms with Crippen molar-refractivity contribution >= 4 is 12.1 Å². The summed E-state index contributed by atoms with van der Waals surface area (Å²) in [7, 11) is 1.62. The number of amides is 3. The fraction of sp³-hybridized carbons (Fsp3) is 0.857. The predicted molar refractivity (Wildman–Crippen MR) is 77.1 cm³/mol. The lowest BCUT2D eigenvalue weighted by Gasteiger charge is -2.41. The highest BCUT2D eigenvalue weighted by Gasteiger charge is 2.39. The topological polar surface area (TPSA) is 71.1 Å². The van der Waals surface area contributed by atoms with Crippen molar-refractivity contribution in [3.8, 4) is 0 Å². The van der Waals surface area contributed by atoms with Crippen molar-refractivity contribution < 1.29 is 19.1 Å². The number of urea groups is 1. The van der Waals surface area contributed by atoms with Crippen LogP contribution in [-0.4, -0.2) is 73.0 Å². The molecule has 2 aliphatic heterocycles. The van der Waals surface area contributed by atoms with Gasteiger partial charge in [0.05, 0.1) is 18.7 Å². The first-order chi connectivity index (χ1) is 9.81. The van der Waals surface area contributed by atoms with Crippen molar-refractivity contribution in [3.05, 3.63) is 0 Å². The number of hydrogen-bond donors (Lipinski definition) is 1. The standard InChI is InChI=1S/C14H25N3O4/c1-14(2,3)21-13(19)16-7-5-10(11(9-16)20-4)17-8-6-15-12(17)18/h10-11H,5-9H2,1-4H3,(H,15,18)/t10-,11+/m1/s1. The zero-order valence-corrected chi connectivity index (χ0v) is 13.2. The van der Waals surface area contributed by atoms with Gasteiger partial charge < -0.3 is 24.6 Å². The number of methoxy groups -OCH3 is 1. The van der Waals surface area contributed by atoms with E-state index in [2.05, 4.69) is 5.32 Å². The lowest BCUT2D eigenvalue weighted by atomic mass is 10.0. The molecule has 0 aromatic carbocycles. The summed E-state index contributed by atoms with van der Waals surface area (Å²) >= 11 is 0. The number of ether oxygens (including phenoxy) is 2. The minimum atomic E-state index is -0.509. The van der Waals surface area contributed by atoms with Gasteiger partial charge in [-0.2, -0.15) is 0 Å². The van der Waals surface area contributed by atoms with Gasteiger partial charge in [0.1, 0.15) is 5.60 Å². The third-order valence-electron chi connectivity index (χ3n) is 3.77. The Hall–Kier alpha value is -1.50. The van der Waals surface area contributed by atoms with E-state index in [0.29, 0.717) is 32.6 Å². The number of nitrogens with zero attached hydrogens (tertiary/aromatic N) is 2. The number of likely N-dealkylation sites (tertiary alicyclic amines) is 1. The van der Waals surface area contributed by atoms with E-state index >= 15 is 0 Å². The molecule has 0 saturated carbocycles. The Balaban J connectivity index is 1.98. The van der Waals surface area contributed by atoms with Crippen LogP contribution in [0.2, 0.25) is 0 Å². The third kappa shape index (κ3) is 3.78. The summed E-state index contributed by atoms with van der Waals surface area (Å²) in [5.74, 6) is 0. The summed E-state index contributed by atoms with van der Waals surface area (Å²) in [4.78, 5) is 27.4. The number of hydrogen-bond acceptors (Lipinski definition) is 4. The van der Waals surface area contributed by atoms with E-state index in [-0.39, 0.29) is 24.3 Å². The Morgan fingerprint density at radius 3 is 2.57 bits per heavy atom. The Labute approximate surface area is 125 Å². The molecule has 21 heavy (non-hydrogen) atoms. The van der Waals surface area contributed by atoms with Crippen LogP contribution in [0.3, 0.4) is 0 Å². The van der Waals surface area contributed by atoms with Gasteiger partial charge in [0.25, 0.3) is 0 Å². The van der Waals surface area contributed by atoms with Gasteiger partial charge in [0, 0.05) is 26.7 Å². The molecule has 2 fully saturated rings. The molecule has 7 heteroatoms. The largest absolute Gasteiger partial charge is 0.444 e. The summed E-state index contributed by atoms with van der Waals surface area (Å²) in [6.45, 7) is 7.92. The summed E-state index contributed by atoms with van der Waals surface area (Å²) in [6.07, 6.45) is 0.189. The number of rotatable bonds is 2. The summed E-state index contributed by atoms with van der Waals surface area (Å²) in [6, 6.07) is -0.0380. The van der Waals surface area contributed by atoms with Gasteiger partial charge in [0.2, 0.25) is 0 Å². The smallest absolute Gasteiger partial charge is 0.410 e. The van der Waals surface area contributed by atoms with Gasteiger partial charge in [-0.15, -0.1) is 0 Å². The molecule has 0 aromatic rings. The highest BCUT2D eigenvalue weighted by molar-refractivity contribution is 5.76. The monoisotopic (exact) mass is 299 g/mol. The number of piperidine rings is 1. The molecule has 2 aliphatic rings. The molecule has 2 rings (SSSR count). The van der Waals surface area contributed by atoms with Crippen LogP contribution in [0, 0.1) is 0 Å².